The van der Waals surface area contributed by atoms with Crippen molar-refractivity contribution in [1.29, 1.82) is 0 Å². The summed E-state index contributed by atoms with van der Waals surface area (Å²) < 4.78 is 63.7. The average Bonchev–Trinajstić information content (AvgIpc) is 2.82. The first-order chi connectivity index (χ1) is 17.4. The van der Waals surface area contributed by atoms with Crippen LogP contribution in [0.1, 0.15) is 27.0 Å². The number of aryl methyl sites for hydroxylation is 1. The van der Waals surface area contributed by atoms with Crippen molar-refractivity contribution in [3.05, 3.63) is 80.8 Å². The molecule has 1 aromatic carbocycles. The van der Waals surface area contributed by atoms with Gasteiger partial charge in [0.2, 0.25) is 0 Å². The predicted molar refractivity (Wildman–Crippen MR) is 134 cm³/mol. The monoisotopic (exact) mass is 536 g/mol. The molecule has 0 aliphatic carbocycles. The molecule has 0 unspecified atom stereocenters. The van der Waals surface area contributed by atoms with Gasteiger partial charge in [0.1, 0.15) is 11.6 Å². The molecule has 0 aliphatic heterocycles. The van der Waals surface area contributed by atoms with E-state index >= 15 is 4.39 Å². The number of aromatic nitrogens is 2. The van der Waals surface area contributed by atoms with Crippen LogP contribution in [-0.4, -0.2) is 44.1 Å². The average molecular weight is 537 g/mol. The lowest BCUT2D eigenvalue weighted by molar-refractivity contribution is 0.100. The van der Waals surface area contributed by atoms with E-state index in [1.54, 1.807) is 13.0 Å². The van der Waals surface area contributed by atoms with Crippen molar-refractivity contribution in [2.24, 2.45) is 12.8 Å². The Hall–Kier alpha value is -3.88. The number of benzene rings is 1. The number of primary amides is 1. The highest BCUT2D eigenvalue weighted by Crippen LogP contribution is 2.25. The summed E-state index contributed by atoms with van der Waals surface area (Å²) in [4.78, 5) is 29.0. The highest BCUT2D eigenvalue weighted by molar-refractivity contribution is 7.90. The van der Waals surface area contributed by atoms with Crippen LogP contribution in [-0.2, 0) is 28.4 Å². The number of hydrogen-bond acceptors (Lipinski definition) is 7. The number of ether oxygens (including phenoxy) is 1. The first kappa shape index (κ1) is 27.7. The number of nitrogens with one attached hydrogen (secondary N) is 3. The fraction of sp³-hybridized carbons (Fsp3) is 0.261. The number of amides is 1. The molecule has 0 radical (unpaired) electrons. The fourth-order valence-corrected chi connectivity index (χ4v) is 4.28. The molecule has 14 heteroatoms. The Kier molecular flexibility index (Phi) is 8.57. The summed E-state index contributed by atoms with van der Waals surface area (Å²) in [5, 5.41) is 2.73. The van der Waals surface area contributed by atoms with Gasteiger partial charge in [-0.15, -0.1) is 0 Å². The van der Waals surface area contributed by atoms with Crippen LogP contribution in [0.2, 0.25) is 0 Å². The molecule has 2 aromatic heterocycles. The summed E-state index contributed by atoms with van der Waals surface area (Å²) >= 11 is 0. The van der Waals surface area contributed by atoms with Crippen molar-refractivity contribution < 1.29 is 26.7 Å². The molecule has 2 heterocycles. The van der Waals surface area contributed by atoms with Crippen molar-refractivity contribution in [2.45, 2.75) is 13.3 Å². The largest absolute Gasteiger partial charge is 0.383 e. The zero-order chi connectivity index (χ0) is 27.3. The lowest BCUT2D eigenvalue weighted by Gasteiger charge is -2.17. The second-order valence-corrected chi connectivity index (χ2v) is 9.57. The summed E-state index contributed by atoms with van der Waals surface area (Å²) in [6.45, 7) is 1.76. The van der Waals surface area contributed by atoms with Gasteiger partial charge < -0.3 is 15.8 Å². The van der Waals surface area contributed by atoms with Crippen LogP contribution in [0.25, 0.3) is 0 Å². The summed E-state index contributed by atoms with van der Waals surface area (Å²) in [6, 6.07) is 6.83. The van der Waals surface area contributed by atoms with Gasteiger partial charge in [-0.2, -0.15) is 13.1 Å². The number of halogens is 2. The van der Waals surface area contributed by atoms with E-state index in [0.29, 0.717) is 5.56 Å². The zero-order valence-electron chi connectivity index (χ0n) is 20.3. The molecule has 0 spiro atoms. The smallest absolute Gasteiger partial charge is 0.300 e. The second-order valence-electron chi connectivity index (χ2n) is 8.07. The molecular formula is C23H26F2N6O5S. The Bertz CT molecular complexity index is 1490. The maximum Gasteiger partial charge on any atom is 0.300 e. The van der Waals surface area contributed by atoms with Crippen LogP contribution in [0.4, 0.5) is 26.1 Å². The van der Waals surface area contributed by atoms with Crippen LogP contribution in [0, 0.1) is 18.6 Å². The van der Waals surface area contributed by atoms with Crippen LogP contribution in [0.15, 0.2) is 41.3 Å². The van der Waals surface area contributed by atoms with Crippen LogP contribution >= 0.6 is 0 Å². The normalized spacial score (nSPS) is 11.4. The number of carbonyl (C=O) groups is 1. The second kappa shape index (κ2) is 11.5. The van der Waals surface area contributed by atoms with E-state index in [1.165, 1.54) is 44.6 Å². The van der Waals surface area contributed by atoms with Gasteiger partial charge in [0.15, 0.2) is 11.6 Å². The number of anilines is 3. The number of methoxy groups -OCH3 is 1. The fourth-order valence-electron chi connectivity index (χ4n) is 3.45. The summed E-state index contributed by atoms with van der Waals surface area (Å²) in [7, 11) is -1.40. The molecule has 0 saturated heterocycles. The topological polar surface area (TPSA) is 157 Å². The van der Waals surface area contributed by atoms with Gasteiger partial charge in [-0.05, 0) is 42.3 Å². The first-order valence-corrected chi connectivity index (χ1v) is 12.4. The molecule has 1 amide bonds. The van der Waals surface area contributed by atoms with Gasteiger partial charge >= 0.3 is 0 Å². The maximum atomic E-state index is 15.1. The number of rotatable bonds is 11. The molecule has 0 atom stereocenters. The minimum absolute atomic E-state index is 0.0108. The minimum Gasteiger partial charge on any atom is -0.383 e. The van der Waals surface area contributed by atoms with Crippen LogP contribution in [0.3, 0.4) is 0 Å². The van der Waals surface area contributed by atoms with E-state index in [1.807, 2.05) is 4.72 Å². The van der Waals surface area contributed by atoms with Crippen molar-refractivity contribution in [3.8, 4) is 0 Å². The Balaban J connectivity index is 1.96. The third-order valence-corrected chi connectivity index (χ3v) is 6.36. The molecule has 3 rings (SSSR count). The van der Waals surface area contributed by atoms with Gasteiger partial charge in [0, 0.05) is 38.9 Å². The highest BCUT2D eigenvalue weighted by atomic mass is 32.2. The zero-order valence-corrected chi connectivity index (χ0v) is 21.1. The van der Waals surface area contributed by atoms with Crippen molar-refractivity contribution >= 4 is 33.4 Å². The van der Waals surface area contributed by atoms with Gasteiger partial charge in [0.05, 0.1) is 17.9 Å². The Morgan fingerprint density at radius 1 is 1.19 bits per heavy atom. The minimum atomic E-state index is -4.14. The third kappa shape index (κ3) is 6.67. The number of pyridine rings is 2. The quantitative estimate of drug-likeness (QED) is 0.272. The summed E-state index contributed by atoms with van der Waals surface area (Å²) in [6.07, 6.45) is 0.854. The number of nitrogens with zero attached hydrogens (tertiary/aromatic N) is 2. The predicted octanol–water partition coefficient (Wildman–Crippen LogP) is 1.69. The molecule has 5 N–H and O–H groups in total. The van der Waals surface area contributed by atoms with Crippen molar-refractivity contribution in [2.75, 3.05) is 30.3 Å². The molecule has 0 bridgehead atoms. The van der Waals surface area contributed by atoms with Crippen molar-refractivity contribution in [3.63, 3.8) is 0 Å². The van der Waals surface area contributed by atoms with Gasteiger partial charge in [0.25, 0.3) is 21.7 Å². The standard InChI is InChI=1S/C23H26F2N6O5S/c1-13-4-5-18(17(24)10-13)29-22-16(20(26)32)12-15(23(33)31(22)2)11-14-6-7-27-21(19(14)25)30-37(34,35)28-8-9-36-3/h4-7,10,12,28-29H,8-9,11H2,1-3H3,(H2,26,32)(H,27,30). The lowest BCUT2D eigenvalue weighted by atomic mass is 10.0. The number of nitrogens with two attached hydrogens (primary N) is 1. The van der Waals surface area contributed by atoms with Crippen LogP contribution < -0.4 is 26.1 Å². The summed E-state index contributed by atoms with van der Waals surface area (Å²) in [5.41, 5.74) is 5.40. The van der Waals surface area contributed by atoms with E-state index < -0.39 is 39.1 Å². The van der Waals surface area contributed by atoms with Gasteiger partial charge in [-0.1, -0.05) is 6.07 Å². The lowest BCUT2D eigenvalue weighted by Crippen LogP contribution is -2.33. The maximum absolute atomic E-state index is 15.1. The van der Waals surface area contributed by atoms with Crippen molar-refractivity contribution in [1.82, 2.24) is 14.3 Å². The molecule has 0 saturated carbocycles. The molecule has 0 fully saturated rings. The van der Waals surface area contributed by atoms with Gasteiger partial charge in [-0.3, -0.25) is 18.9 Å². The molecular weight excluding hydrogens is 510 g/mol. The van der Waals surface area contributed by atoms with E-state index in [2.05, 4.69) is 15.0 Å². The Morgan fingerprint density at radius 3 is 2.57 bits per heavy atom. The molecule has 3 aromatic rings. The molecule has 37 heavy (non-hydrogen) atoms. The molecule has 11 nitrogen and oxygen atoms in total. The molecule has 198 valence electrons. The molecule has 0 aliphatic rings. The van der Waals surface area contributed by atoms with Gasteiger partial charge in [-0.25, -0.2) is 13.8 Å². The Labute approximate surface area is 211 Å². The number of carbonyl (C=O) groups excluding carboxylic acids is 1. The highest BCUT2D eigenvalue weighted by Gasteiger charge is 2.21. The van der Waals surface area contributed by atoms with E-state index in [9.17, 15) is 22.4 Å². The van der Waals surface area contributed by atoms with E-state index in [-0.39, 0.29) is 47.8 Å². The first-order valence-electron chi connectivity index (χ1n) is 10.9. The summed E-state index contributed by atoms with van der Waals surface area (Å²) in [5.74, 6) is -3.14. The van der Waals surface area contributed by atoms with E-state index in [0.717, 1.165) is 4.57 Å². The number of hydrogen-bond donors (Lipinski definition) is 4. The Morgan fingerprint density at radius 2 is 1.92 bits per heavy atom. The van der Waals surface area contributed by atoms with Crippen LogP contribution in [0.5, 0.6) is 0 Å². The van der Waals surface area contributed by atoms with E-state index in [4.69, 9.17) is 10.5 Å². The SMILES string of the molecule is COCCNS(=O)(=O)Nc1nccc(Cc2cc(C(N)=O)c(Nc3ccc(C)cc3F)n(C)c2=O)c1F. The third-order valence-electron chi connectivity index (χ3n) is 5.31.